The number of sulfonamides is 1. The molecule has 1 aromatic rings. The maximum absolute atomic E-state index is 12.7. The van der Waals surface area contributed by atoms with Crippen LogP contribution >= 0.6 is 12.4 Å². The first-order valence-electron chi connectivity index (χ1n) is 7.56. The van der Waals surface area contributed by atoms with E-state index >= 15 is 0 Å². The van der Waals surface area contributed by atoms with Crippen molar-refractivity contribution >= 4 is 22.4 Å². The summed E-state index contributed by atoms with van der Waals surface area (Å²) in [4.78, 5) is 0. The molecule has 3 unspecified atom stereocenters. The third kappa shape index (κ3) is 3.87. The largest absolute Gasteiger partial charge is 0.416 e. The van der Waals surface area contributed by atoms with E-state index in [2.05, 4.69) is 0 Å². The molecule has 2 fully saturated rings. The smallest absolute Gasteiger partial charge is 0.327 e. The molecule has 9 heteroatoms. The Morgan fingerprint density at radius 3 is 2.54 bits per heavy atom. The van der Waals surface area contributed by atoms with Gasteiger partial charge in [0.25, 0.3) is 0 Å². The van der Waals surface area contributed by atoms with Crippen molar-refractivity contribution in [1.29, 1.82) is 0 Å². The zero-order valence-corrected chi connectivity index (χ0v) is 14.5. The first-order chi connectivity index (χ1) is 10.7. The van der Waals surface area contributed by atoms with E-state index in [9.17, 15) is 21.6 Å². The number of hydrogen-bond donors (Lipinski definition) is 1. The lowest BCUT2D eigenvalue weighted by atomic mass is 9.98. The maximum Gasteiger partial charge on any atom is 0.416 e. The Bertz CT molecular complexity index is 696. The molecule has 1 aromatic carbocycles. The third-order valence-electron chi connectivity index (χ3n) is 4.88. The molecule has 2 N–H and O–H groups in total. The van der Waals surface area contributed by atoms with E-state index in [-0.39, 0.29) is 35.8 Å². The van der Waals surface area contributed by atoms with Crippen LogP contribution in [0.4, 0.5) is 13.2 Å². The van der Waals surface area contributed by atoms with Gasteiger partial charge in [-0.2, -0.15) is 13.2 Å². The monoisotopic (exact) mass is 384 g/mol. The number of benzene rings is 1. The molecule has 0 amide bonds. The molecule has 0 bridgehead atoms. The van der Waals surface area contributed by atoms with E-state index < -0.39 is 27.5 Å². The summed E-state index contributed by atoms with van der Waals surface area (Å²) in [7, 11) is -3.63. The van der Waals surface area contributed by atoms with Gasteiger partial charge in [0.2, 0.25) is 10.0 Å². The van der Waals surface area contributed by atoms with Crippen LogP contribution in [-0.2, 0) is 22.0 Å². The lowest BCUT2D eigenvalue weighted by Gasteiger charge is -2.19. The Morgan fingerprint density at radius 2 is 1.92 bits per heavy atom. The number of nitrogens with two attached hydrogens (primary N) is 1. The summed E-state index contributed by atoms with van der Waals surface area (Å²) in [6.07, 6.45) is -2.64. The van der Waals surface area contributed by atoms with Crippen LogP contribution in [0.1, 0.15) is 24.0 Å². The SMILES string of the molecule is Cl.NC1CCC2CN(S(=O)(=O)Cc3cccc(C(F)(F)F)c3)CC12. The number of alkyl halides is 3. The normalized spacial score (nSPS) is 27.8. The van der Waals surface area contributed by atoms with Crippen LogP contribution < -0.4 is 5.73 Å². The van der Waals surface area contributed by atoms with Gasteiger partial charge in [-0.25, -0.2) is 12.7 Å². The van der Waals surface area contributed by atoms with Crippen molar-refractivity contribution in [2.45, 2.75) is 30.8 Å². The summed E-state index contributed by atoms with van der Waals surface area (Å²) >= 11 is 0. The van der Waals surface area contributed by atoms with Crippen LogP contribution in [0.2, 0.25) is 0 Å². The van der Waals surface area contributed by atoms with Crippen LogP contribution in [0.15, 0.2) is 24.3 Å². The van der Waals surface area contributed by atoms with E-state index in [4.69, 9.17) is 5.73 Å². The highest BCUT2D eigenvalue weighted by molar-refractivity contribution is 7.88. The first kappa shape index (κ1) is 19.5. The molecule has 3 atom stereocenters. The van der Waals surface area contributed by atoms with Gasteiger partial charge in [-0.3, -0.25) is 0 Å². The molecule has 1 saturated heterocycles. The van der Waals surface area contributed by atoms with Crippen LogP contribution in [0.5, 0.6) is 0 Å². The molecule has 136 valence electrons. The zero-order chi connectivity index (χ0) is 16.8. The summed E-state index contributed by atoms with van der Waals surface area (Å²) in [6.45, 7) is 0.812. The average Bonchev–Trinajstić information content (AvgIpc) is 3.01. The number of rotatable bonds is 3. The Balaban J connectivity index is 0.00000208. The topological polar surface area (TPSA) is 63.4 Å². The fourth-order valence-corrected chi connectivity index (χ4v) is 5.23. The zero-order valence-electron chi connectivity index (χ0n) is 12.9. The predicted octanol–water partition coefficient (Wildman–Crippen LogP) is 2.63. The Kier molecular flexibility index (Phi) is 5.54. The number of nitrogens with zero attached hydrogens (tertiary/aromatic N) is 1. The molecule has 1 heterocycles. The Morgan fingerprint density at radius 1 is 1.21 bits per heavy atom. The van der Waals surface area contributed by atoms with Crippen LogP contribution in [0, 0.1) is 11.8 Å². The number of halogens is 4. The van der Waals surface area contributed by atoms with Crippen LogP contribution in [0.3, 0.4) is 0 Å². The molecule has 3 rings (SSSR count). The van der Waals surface area contributed by atoms with E-state index in [0.29, 0.717) is 13.1 Å². The summed E-state index contributed by atoms with van der Waals surface area (Å²) in [6, 6.07) is 4.52. The van der Waals surface area contributed by atoms with E-state index in [1.54, 1.807) is 0 Å². The summed E-state index contributed by atoms with van der Waals surface area (Å²) in [5.41, 5.74) is 5.32. The standard InChI is InChI=1S/C15H19F3N2O2S.ClH/c16-15(17,18)12-3-1-2-10(6-12)9-23(21,22)20-7-11-4-5-14(19)13(11)8-20;/h1-3,6,11,13-14H,4-5,7-9,19H2;1H. The van der Waals surface area contributed by atoms with E-state index in [0.717, 1.165) is 25.0 Å². The minimum Gasteiger partial charge on any atom is -0.327 e. The maximum atomic E-state index is 12.7. The molecule has 1 aliphatic heterocycles. The fraction of sp³-hybridized carbons (Fsp3) is 0.600. The van der Waals surface area contributed by atoms with Crippen LogP contribution in [-0.4, -0.2) is 31.9 Å². The number of fused-ring (bicyclic) bond motifs is 1. The molecule has 1 aliphatic carbocycles. The van der Waals surface area contributed by atoms with Gasteiger partial charge in [0.1, 0.15) is 0 Å². The highest BCUT2D eigenvalue weighted by atomic mass is 35.5. The van der Waals surface area contributed by atoms with Gasteiger partial charge >= 0.3 is 6.18 Å². The van der Waals surface area contributed by atoms with Gasteiger partial charge in [0, 0.05) is 19.1 Å². The third-order valence-corrected chi connectivity index (χ3v) is 6.66. The minimum atomic E-state index is -4.47. The molecular formula is C15H20ClF3N2O2S. The van der Waals surface area contributed by atoms with Gasteiger partial charge < -0.3 is 5.73 Å². The van der Waals surface area contributed by atoms with Crippen molar-refractivity contribution in [1.82, 2.24) is 4.31 Å². The minimum absolute atomic E-state index is 0. The summed E-state index contributed by atoms with van der Waals surface area (Å²) in [5.74, 6) is 0.0403. The van der Waals surface area contributed by atoms with Gasteiger partial charge in [-0.05, 0) is 36.3 Å². The summed E-state index contributed by atoms with van der Waals surface area (Å²) < 4.78 is 64.6. The lowest BCUT2D eigenvalue weighted by Crippen LogP contribution is -2.34. The molecule has 0 spiro atoms. The van der Waals surface area contributed by atoms with Gasteiger partial charge in [-0.1, -0.05) is 18.2 Å². The number of hydrogen-bond acceptors (Lipinski definition) is 3. The molecular weight excluding hydrogens is 365 g/mol. The van der Waals surface area contributed by atoms with E-state index in [1.165, 1.54) is 16.4 Å². The second-order valence-corrected chi connectivity index (χ2v) is 8.41. The highest BCUT2D eigenvalue weighted by Gasteiger charge is 2.44. The Labute approximate surface area is 145 Å². The van der Waals surface area contributed by atoms with Crippen molar-refractivity contribution in [3.8, 4) is 0 Å². The second kappa shape index (κ2) is 6.82. The van der Waals surface area contributed by atoms with Crippen molar-refractivity contribution < 1.29 is 21.6 Å². The molecule has 4 nitrogen and oxygen atoms in total. The fourth-order valence-electron chi connectivity index (χ4n) is 3.63. The highest BCUT2D eigenvalue weighted by Crippen LogP contribution is 2.38. The van der Waals surface area contributed by atoms with Gasteiger partial charge in [0.15, 0.2) is 0 Å². The van der Waals surface area contributed by atoms with Crippen molar-refractivity contribution in [2.24, 2.45) is 17.6 Å². The van der Waals surface area contributed by atoms with Gasteiger partial charge in [-0.15, -0.1) is 12.4 Å². The van der Waals surface area contributed by atoms with Crippen molar-refractivity contribution in [3.05, 3.63) is 35.4 Å². The second-order valence-electron chi connectivity index (χ2n) is 6.44. The molecule has 0 aromatic heterocycles. The molecule has 2 aliphatic rings. The average molecular weight is 385 g/mol. The first-order valence-corrected chi connectivity index (χ1v) is 9.17. The Hall–Kier alpha value is -0.830. The summed E-state index contributed by atoms with van der Waals surface area (Å²) in [5, 5.41) is 0. The van der Waals surface area contributed by atoms with Crippen molar-refractivity contribution in [3.63, 3.8) is 0 Å². The lowest BCUT2D eigenvalue weighted by molar-refractivity contribution is -0.137. The quantitative estimate of drug-likeness (QED) is 0.871. The van der Waals surface area contributed by atoms with Gasteiger partial charge in [0.05, 0.1) is 11.3 Å². The molecule has 0 radical (unpaired) electrons. The van der Waals surface area contributed by atoms with Crippen LogP contribution in [0.25, 0.3) is 0 Å². The molecule has 1 saturated carbocycles. The van der Waals surface area contributed by atoms with Crippen molar-refractivity contribution in [2.75, 3.05) is 13.1 Å². The van der Waals surface area contributed by atoms with E-state index in [1.807, 2.05) is 0 Å². The predicted molar refractivity (Wildman–Crippen MR) is 87.1 cm³/mol. The molecule has 24 heavy (non-hydrogen) atoms.